The Morgan fingerprint density at radius 1 is 1.06 bits per heavy atom. The van der Waals surface area contributed by atoms with Crippen LogP contribution in [0, 0.1) is 0 Å². The molecule has 2 aromatic rings. The fraction of sp³-hybridized carbons (Fsp3) is 0.379. The number of hydrogen-bond acceptors (Lipinski definition) is 2. The monoisotopic (exact) mass is 415 g/mol. The molecule has 0 saturated carbocycles. The van der Waals surface area contributed by atoms with Gasteiger partial charge < -0.3 is 4.74 Å². The summed E-state index contributed by atoms with van der Waals surface area (Å²) in [6.45, 7) is 13.6. The molecule has 2 aromatic carbocycles. The van der Waals surface area contributed by atoms with Crippen molar-refractivity contribution in [3.8, 4) is 0 Å². The molecule has 0 aromatic heterocycles. The van der Waals surface area contributed by atoms with Crippen LogP contribution in [0.25, 0.3) is 12.2 Å². The lowest BCUT2D eigenvalue weighted by atomic mass is 9.91. The van der Waals surface area contributed by atoms with Crippen molar-refractivity contribution in [3.05, 3.63) is 94.8 Å². The molecule has 1 aliphatic rings. The molecule has 0 aliphatic carbocycles. The maximum Gasteiger partial charge on any atom is 0.0887 e. The summed E-state index contributed by atoms with van der Waals surface area (Å²) in [5.41, 5.74) is 7.95. The molecule has 3 rings (SSSR count). The fourth-order valence-electron chi connectivity index (χ4n) is 4.49. The number of rotatable bonds is 10. The van der Waals surface area contributed by atoms with Gasteiger partial charge in [0.05, 0.1) is 12.9 Å². The molecule has 0 atom stereocenters. The average Bonchev–Trinajstić information content (AvgIpc) is 2.78. The Hall–Kier alpha value is -2.58. The Morgan fingerprint density at radius 3 is 2.55 bits per heavy atom. The van der Waals surface area contributed by atoms with E-state index in [1.807, 2.05) is 6.08 Å². The molecule has 1 aliphatic heterocycles. The van der Waals surface area contributed by atoms with Gasteiger partial charge in [0.2, 0.25) is 0 Å². The summed E-state index contributed by atoms with van der Waals surface area (Å²) in [5, 5.41) is 0. The molecule has 1 fully saturated rings. The lowest BCUT2D eigenvalue weighted by Crippen LogP contribution is -2.29. The smallest absolute Gasteiger partial charge is 0.0887 e. The van der Waals surface area contributed by atoms with Crippen molar-refractivity contribution < 1.29 is 4.74 Å². The summed E-state index contributed by atoms with van der Waals surface area (Å²) in [5.74, 6) is 0.834. The van der Waals surface area contributed by atoms with Gasteiger partial charge in [-0.25, -0.2) is 0 Å². The maximum atomic E-state index is 5.22. The van der Waals surface area contributed by atoms with Gasteiger partial charge in [-0.15, -0.1) is 0 Å². The first-order valence-corrected chi connectivity index (χ1v) is 11.6. The molecular weight excluding hydrogens is 378 g/mol. The minimum absolute atomic E-state index is 0.834. The summed E-state index contributed by atoms with van der Waals surface area (Å²) >= 11 is 0. The number of hydrogen-bond donors (Lipinski definition) is 0. The highest BCUT2D eigenvalue weighted by molar-refractivity contribution is 5.68. The van der Waals surface area contributed by atoms with Gasteiger partial charge in [-0.3, -0.25) is 4.90 Å². The summed E-state index contributed by atoms with van der Waals surface area (Å²) in [7, 11) is 1.69. The van der Waals surface area contributed by atoms with E-state index in [-0.39, 0.29) is 0 Å². The van der Waals surface area contributed by atoms with Crippen LogP contribution in [0.15, 0.2) is 61.4 Å². The molecule has 0 bridgehead atoms. The average molecular weight is 416 g/mol. The molecule has 2 nitrogen and oxygen atoms in total. The Balaban J connectivity index is 1.86. The van der Waals surface area contributed by atoms with Crippen LogP contribution in [0.2, 0.25) is 0 Å². The van der Waals surface area contributed by atoms with E-state index in [1.54, 1.807) is 7.11 Å². The number of benzene rings is 2. The minimum Gasteiger partial charge on any atom is -0.502 e. The highest BCUT2D eigenvalue weighted by atomic mass is 16.5. The summed E-state index contributed by atoms with van der Waals surface area (Å²) in [4.78, 5) is 2.60. The molecular formula is C29H37NO. The molecule has 1 saturated heterocycles. The predicted molar refractivity (Wildman–Crippen MR) is 134 cm³/mol. The summed E-state index contributed by atoms with van der Waals surface area (Å²) in [6.07, 6.45) is 13.1. The number of aryl methyl sites for hydroxylation is 1. The Kier molecular flexibility index (Phi) is 8.73. The van der Waals surface area contributed by atoms with Gasteiger partial charge in [-0.05, 0) is 85.1 Å². The van der Waals surface area contributed by atoms with E-state index in [2.05, 4.69) is 73.5 Å². The molecule has 0 amide bonds. The van der Waals surface area contributed by atoms with Crippen LogP contribution in [0.5, 0.6) is 0 Å². The van der Waals surface area contributed by atoms with E-state index in [4.69, 9.17) is 4.74 Å². The number of piperidine rings is 1. The Morgan fingerprint density at radius 2 is 1.84 bits per heavy atom. The lowest BCUT2D eigenvalue weighted by molar-refractivity contribution is 0.221. The lowest BCUT2D eigenvalue weighted by Gasteiger charge is -2.27. The van der Waals surface area contributed by atoms with Crippen LogP contribution in [0.4, 0.5) is 0 Å². The van der Waals surface area contributed by atoms with E-state index in [0.717, 1.165) is 31.6 Å². The van der Waals surface area contributed by atoms with Crippen LogP contribution in [0.3, 0.4) is 0 Å². The van der Waals surface area contributed by atoms with E-state index in [0.29, 0.717) is 0 Å². The van der Waals surface area contributed by atoms with Crippen molar-refractivity contribution in [1.29, 1.82) is 0 Å². The van der Waals surface area contributed by atoms with Crippen LogP contribution in [-0.4, -0.2) is 25.1 Å². The molecule has 164 valence electrons. The van der Waals surface area contributed by atoms with Gasteiger partial charge in [-0.2, -0.15) is 0 Å². The van der Waals surface area contributed by atoms with Crippen LogP contribution >= 0.6 is 0 Å². The third kappa shape index (κ3) is 6.70. The zero-order valence-corrected chi connectivity index (χ0v) is 19.3. The van der Waals surface area contributed by atoms with Crippen LogP contribution in [0.1, 0.15) is 66.0 Å². The fourth-order valence-corrected chi connectivity index (χ4v) is 4.49. The summed E-state index contributed by atoms with van der Waals surface area (Å²) < 4.78 is 5.22. The Labute approximate surface area is 188 Å². The van der Waals surface area contributed by atoms with Crippen molar-refractivity contribution >= 4 is 12.2 Å². The zero-order valence-electron chi connectivity index (χ0n) is 19.3. The molecule has 0 radical (unpaired) electrons. The van der Waals surface area contributed by atoms with Gasteiger partial charge >= 0.3 is 0 Å². The first-order valence-electron chi connectivity index (χ1n) is 11.6. The van der Waals surface area contributed by atoms with E-state index in [9.17, 15) is 0 Å². The van der Waals surface area contributed by atoms with Crippen LogP contribution < -0.4 is 0 Å². The normalized spacial score (nSPS) is 14.6. The summed E-state index contributed by atoms with van der Waals surface area (Å²) in [6, 6.07) is 13.7. The predicted octanol–water partition coefficient (Wildman–Crippen LogP) is 7.03. The van der Waals surface area contributed by atoms with Gasteiger partial charge in [0.25, 0.3) is 0 Å². The quantitative estimate of drug-likeness (QED) is 0.386. The van der Waals surface area contributed by atoms with Crippen LogP contribution in [-0.2, 0) is 24.1 Å². The highest BCUT2D eigenvalue weighted by Gasteiger charge is 2.14. The first-order chi connectivity index (χ1) is 15.1. The molecule has 0 N–H and O–H groups in total. The third-order valence-corrected chi connectivity index (χ3v) is 6.13. The second kappa shape index (κ2) is 11.7. The van der Waals surface area contributed by atoms with Crippen molar-refractivity contribution in [2.75, 3.05) is 20.2 Å². The molecule has 31 heavy (non-hydrogen) atoms. The number of nitrogens with zero attached hydrogens (tertiary/aromatic N) is 1. The van der Waals surface area contributed by atoms with E-state index < -0.39 is 0 Å². The zero-order chi connectivity index (χ0) is 22.1. The van der Waals surface area contributed by atoms with Crippen molar-refractivity contribution in [2.45, 2.75) is 52.0 Å². The topological polar surface area (TPSA) is 12.5 Å². The molecule has 0 spiro atoms. The van der Waals surface area contributed by atoms with Crippen molar-refractivity contribution in [1.82, 2.24) is 4.90 Å². The van der Waals surface area contributed by atoms with Gasteiger partial charge in [0, 0.05) is 13.0 Å². The first kappa shape index (κ1) is 23.1. The molecule has 1 heterocycles. The second-order valence-electron chi connectivity index (χ2n) is 8.54. The second-order valence-corrected chi connectivity index (χ2v) is 8.54. The van der Waals surface area contributed by atoms with E-state index in [1.165, 1.54) is 65.7 Å². The van der Waals surface area contributed by atoms with Crippen molar-refractivity contribution in [2.24, 2.45) is 0 Å². The van der Waals surface area contributed by atoms with Gasteiger partial charge in [0.15, 0.2) is 0 Å². The highest BCUT2D eigenvalue weighted by Crippen LogP contribution is 2.26. The van der Waals surface area contributed by atoms with Gasteiger partial charge in [0.1, 0.15) is 0 Å². The largest absolute Gasteiger partial charge is 0.502 e. The number of ether oxygens (including phenoxy) is 1. The van der Waals surface area contributed by atoms with Gasteiger partial charge in [-0.1, -0.05) is 68.1 Å². The maximum absolute atomic E-state index is 5.22. The molecule has 2 heteroatoms. The number of allylic oxidation sites excluding steroid dienone is 2. The number of methoxy groups -OCH3 is 1. The molecule has 0 unspecified atom stereocenters. The SMILES string of the molecule is C=Cc1c(/C=C\C)cc(CN2CCCCC2)cc1Cc1cccc(CCC(=C)OC)c1. The Bertz CT molecular complexity index is 918. The minimum atomic E-state index is 0.834. The number of likely N-dealkylation sites (tertiary alicyclic amines) is 1. The van der Waals surface area contributed by atoms with Crippen molar-refractivity contribution in [3.63, 3.8) is 0 Å². The third-order valence-electron chi connectivity index (χ3n) is 6.13. The standard InChI is InChI=1S/C29H37NO/c1-5-11-27-20-26(22-30-16-8-7-9-17-30)21-28(29(27)6-2)19-25-13-10-12-24(18-25)15-14-23(3)31-4/h5-6,10-13,18,20-21H,2-3,7-9,14-17,19,22H2,1,4H3/b11-5-. The van der Waals surface area contributed by atoms with E-state index >= 15 is 0 Å².